The lowest BCUT2D eigenvalue weighted by Gasteiger charge is -2.45. The number of rotatable bonds is 5. The first-order valence-electron chi connectivity index (χ1n) is 9.09. The van der Waals surface area contributed by atoms with Crippen LogP contribution in [-0.2, 0) is 11.8 Å². The Balaban J connectivity index is 1.66. The quantitative estimate of drug-likeness (QED) is 0.888. The molecule has 1 heterocycles. The molecule has 3 nitrogen and oxygen atoms in total. The SMILES string of the molecule is C[C@H]1CN(CCc2ccccc2)CC[C@@]1(C)c1cccc(C(=O)O)c1. The van der Waals surface area contributed by atoms with E-state index in [0.717, 1.165) is 38.0 Å². The Morgan fingerprint density at radius 1 is 1.20 bits per heavy atom. The summed E-state index contributed by atoms with van der Waals surface area (Å²) >= 11 is 0. The number of hydrogen-bond donors (Lipinski definition) is 1. The molecule has 132 valence electrons. The van der Waals surface area contributed by atoms with E-state index in [9.17, 15) is 9.90 Å². The zero-order valence-electron chi connectivity index (χ0n) is 15.1. The third-order valence-corrected chi connectivity index (χ3v) is 5.90. The molecule has 1 saturated heterocycles. The van der Waals surface area contributed by atoms with E-state index < -0.39 is 5.97 Å². The van der Waals surface area contributed by atoms with E-state index >= 15 is 0 Å². The molecule has 2 atom stereocenters. The van der Waals surface area contributed by atoms with Gasteiger partial charge in [0.15, 0.2) is 0 Å². The molecule has 0 saturated carbocycles. The Hall–Kier alpha value is -2.13. The highest BCUT2D eigenvalue weighted by atomic mass is 16.4. The largest absolute Gasteiger partial charge is 0.478 e. The van der Waals surface area contributed by atoms with Gasteiger partial charge in [0.25, 0.3) is 0 Å². The lowest BCUT2D eigenvalue weighted by Crippen LogP contribution is -2.47. The second kappa shape index (κ2) is 7.40. The summed E-state index contributed by atoms with van der Waals surface area (Å²) in [4.78, 5) is 13.8. The highest BCUT2D eigenvalue weighted by Crippen LogP contribution is 2.39. The predicted molar refractivity (Wildman–Crippen MR) is 101 cm³/mol. The van der Waals surface area contributed by atoms with Crippen molar-refractivity contribution in [2.24, 2.45) is 5.92 Å². The van der Waals surface area contributed by atoms with Gasteiger partial charge in [0.1, 0.15) is 0 Å². The second-order valence-corrected chi connectivity index (χ2v) is 7.49. The maximum atomic E-state index is 11.3. The van der Waals surface area contributed by atoms with Gasteiger partial charge in [-0.3, -0.25) is 0 Å². The maximum absolute atomic E-state index is 11.3. The summed E-state index contributed by atoms with van der Waals surface area (Å²) in [6.45, 7) is 7.78. The van der Waals surface area contributed by atoms with Crippen molar-refractivity contribution in [1.82, 2.24) is 4.90 Å². The van der Waals surface area contributed by atoms with Crippen LogP contribution in [0.3, 0.4) is 0 Å². The highest BCUT2D eigenvalue weighted by molar-refractivity contribution is 5.87. The van der Waals surface area contributed by atoms with Crippen LogP contribution in [0.4, 0.5) is 0 Å². The van der Waals surface area contributed by atoms with Crippen molar-refractivity contribution in [3.8, 4) is 0 Å². The molecule has 0 aromatic heterocycles. The molecule has 1 N–H and O–H groups in total. The van der Waals surface area contributed by atoms with Crippen molar-refractivity contribution >= 4 is 5.97 Å². The van der Waals surface area contributed by atoms with Gasteiger partial charge in [0, 0.05) is 13.1 Å². The van der Waals surface area contributed by atoms with Gasteiger partial charge in [-0.05, 0) is 54.0 Å². The summed E-state index contributed by atoms with van der Waals surface area (Å²) in [5.41, 5.74) is 2.96. The Morgan fingerprint density at radius 2 is 1.96 bits per heavy atom. The summed E-state index contributed by atoms with van der Waals surface area (Å²) in [5, 5.41) is 9.27. The van der Waals surface area contributed by atoms with Crippen LogP contribution in [-0.4, -0.2) is 35.6 Å². The van der Waals surface area contributed by atoms with E-state index in [1.54, 1.807) is 6.07 Å². The van der Waals surface area contributed by atoms with Crippen LogP contribution in [0.1, 0.15) is 41.8 Å². The molecule has 0 unspecified atom stereocenters. The molecule has 0 amide bonds. The van der Waals surface area contributed by atoms with E-state index in [2.05, 4.69) is 55.1 Å². The number of piperidine rings is 1. The second-order valence-electron chi connectivity index (χ2n) is 7.49. The Labute approximate surface area is 150 Å². The van der Waals surface area contributed by atoms with E-state index in [1.807, 2.05) is 12.1 Å². The fourth-order valence-corrected chi connectivity index (χ4v) is 3.89. The average molecular weight is 337 g/mol. The fraction of sp³-hybridized carbons (Fsp3) is 0.409. The summed E-state index contributed by atoms with van der Waals surface area (Å²) in [6.07, 6.45) is 2.14. The molecular weight excluding hydrogens is 310 g/mol. The van der Waals surface area contributed by atoms with Gasteiger partial charge >= 0.3 is 5.97 Å². The number of carbonyl (C=O) groups is 1. The van der Waals surface area contributed by atoms with Gasteiger partial charge in [-0.2, -0.15) is 0 Å². The van der Waals surface area contributed by atoms with Gasteiger partial charge in [-0.25, -0.2) is 4.79 Å². The molecule has 1 aliphatic heterocycles. The number of carboxylic acid groups (broad SMARTS) is 1. The molecular formula is C22H27NO2. The molecule has 25 heavy (non-hydrogen) atoms. The number of likely N-dealkylation sites (tertiary alicyclic amines) is 1. The van der Waals surface area contributed by atoms with E-state index in [4.69, 9.17) is 0 Å². The molecule has 0 spiro atoms. The number of benzene rings is 2. The summed E-state index contributed by atoms with van der Waals surface area (Å²) in [7, 11) is 0. The molecule has 3 heteroatoms. The van der Waals surface area contributed by atoms with Gasteiger partial charge in [0.2, 0.25) is 0 Å². The minimum atomic E-state index is -0.849. The third-order valence-electron chi connectivity index (χ3n) is 5.90. The molecule has 3 rings (SSSR count). The topological polar surface area (TPSA) is 40.5 Å². The van der Waals surface area contributed by atoms with Crippen LogP contribution in [0.15, 0.2) is 54.6 Å². The first-order chi connectivity index (χ1) is 12.0. The highest BCUT2D eigenvalue weighted by Gasteiger charge is 2.38. The van der Waals surface area contributed by atoms with Gasteiger partial charge in [-0.1, -0.05) is 56.3 Å². The number of nitrogens with zero attached hydrogens (tertiary/aromatic N) is 1. The van der Waals surface area contributed by atoms with E-state index in [1.165, 1.54) is 5.56 Å². The van der Waals surface area contributed by atoms with Crippen molar-refractivity contribution in [1.29, 1.82) is 0 Å². The molecule has 1 aliphatic rings. The predicted octanol–water partition coefficient (Wildman–Crippen LogP) is 4.23. The Morgan fingerprint density at radius 3 is 2.64 bits per heavy atom. The third kappa shape index (κ3) is 3.93. The minimum Gasteiger partial charge on any atom is -0.478 e. The molecule has 1 fully saturated rings. The van der Waals surface area contributed by atoms with Crippen molar-refractivity contribution in [2.75, 3.05) is 19.6 Å². The molecule has 2 aromatic carbocycles. The van der Waals surface area contributed by atoms with Crippen molar-refractivity contribution in [3.05, 3.63) is 71.3 Å². The first kappa shape index (κ1) is 17.7. The van der Waals surface area contributed by atoms with Crippen molar-refractivity contribution in [3.63, 3.8) is 0 Å². The van der Waals surface area contributed by atoms with Crippen LogP contribution in [0.5, 0.6) is 0 Å². The molecule has 0 bridgehead atoms. The zero-order valence-corrected chi connectivity index (χ0v) is 15.1. The molecule has 2 aromatic rings. The Kier molecular flexibility index (Phi) is 5.24. The summed E-state index contributed by atoms with van der Waals surface area (Å²) in [5.74, 6) is -0.362. The standard InChI is InChI=1S/C22H27NO2/c1-17-16-23(13-11-18-7-4-3-5-8-18)14-12-22(17,2)20-10-6-9-19(15-20)21(24)25/h3-10,15,17H,11-14,16H2,1-2H3,(H,24,25)/t17-,22+/m0/s1. The monoisotopic (exact) mass is 337 g/mol. The average Bonchev–Trinajstić information content (AvgIpc) is 2.64. The maximum Gasteiger partial charge on any atom is 0.335 e. The van der Waals surface area contributed by atoms with Crippen LogP contribution in [0, 0.1) is 5.92 Å². The van der Waals surface area contributed by atoms with Crippen LogP contribution in [0.2, 0.25) is 0 Å². The van der Waals surface area contributed by atoms with E-state index in [0.29, 0.717) is 11.5 Å². The molecule has 0 radical (unpaired) electrons. The van der Waals surface area contributed by atoms with Crippen molar-refractivity contribution in [2.45, 2.75) is 32.1 Å². The minimum absolute atomic E-state index is 0.0364. The van der Waals surface area contributed by atoms with Gasteiger partial charge in [0.05, 0.1) is 5.56 Å². The number of carboxylic acids is 1. The summed E-state index contributed by atoms with van der Waals surface area (Å²) in [6, 6.07) is 18.1. The van der Waals surface area contributed by atoms with Gasteiger partial charge < -0.3 is 10.0 Å². The normalized spacial score (nSPS) is 24.2. The smallest absolute Gasteiger partial charge is 0.335 e. The van der Waals surface area contributed by atoms with Crippen molar-refractivity contribution < 1.29 is 9.90 Å². The summed E-state index contributed by atoms with van der Waals surface area (Å²) < 4.78 is 0. The van der Waals surface area contributed by atoms with Gasteiger partial charge in [-0.15, -0.1) is 0 Å². The Bertz CT molecular complexity index is 728. The zero-order chi connectivity index (χ0) is 17.9. The van der Waals surface area contributed by atoms with Crippen LogP contribution < -0.4 is 0 Å². The number of hydrogen-bond acceptors (Lipinski definition) is 2. The first-order valence-corrected chi connectivity index (χ1v) is 9.09. The molecule has 0 aliphatic carbocycles. The lowest BCUT2D eigenvalue weighted by atomic mass is 9.68. The fourth-order valence-electron chi connectivity index (χ4n) is 3.89. The van der Waals surface area contributed by atoms with E-state index in [-0.39, 0.29) is 5.41 Å². The lowest BCUT2D eigenvalue weighted by molar-refractivity contribution is 0.0696. The van der Waals surface area contributed by atoms with Crippen LogP contribution >= 0.6 is 0 Å². The van der Waals surface area contributed by atoms with Crippen LogP contribution in [0.25, 0.3) is 0 Å². The number of aromatic carboxylic acids is 1.